The molecule has 0 amide bonds. The van der Waals surface area contributed by atoms with E-state index in [0.29, 0.717) is 34.3 Å². The van der Waals surface area contributed by atoms with Gasteiger partial charge in [-0.2, -0.15) is 0 Å². The van der Waals surface area contributed by atoms with E-state index >= 15 is 0 Å². The lowest BCUT2D eigenvalue weighted by atomic mass is 10.2. The lowest BCUT2D eigenvalue weighted by molar-refractivity contribution is 0.0599. The second-order valence-corrected chi connectivity index (χ2v) is 4.28. The van der Waals surface area contributed by atoms with E-state index in [1.165, 1.54) is 7.11 Å². The molecule has 1 aromatic carbocycles. The first kappa shape index (κ1) is 14.6. The lowest BCUT2D eigenvalue weighted by Crippen LogP contribution is -2.05. The SMILES string of the molecule is COC(=O)c1ccc(Oc2ccc(OC)c(N)c2)nc1C. The number of hydrogen-bond donors (Lipinski definition) is 1. The number of anilines is 1. The van der Waals surface area contributed by atoms with Gasteiger partial charge < -0.3 is 19.9 Å². The van der Waals surface area contributed by atoms with Gasteiger partial charge in [-0.25, -0.2) is 9.78 Å². The highest BCUT2D eigenvalue weighted by Gasteiger charge is 2.11. The van der Waals surface area contributed by atoms with Gasteiger partial charge in [-0.15, -0.1) is 0 Å². The van der Waals surface area contributed by atoms with Crippen LogP contribution in [-0.2, 0) is 4.74 Å². The zero-order chi connectivity index (χ0) is 15.4. The number of benzene rings is 1. The number of nitrogens with zero attached hydrogens (tertiary/aromatic N) is 1. The summed E-state index contributed by atoms with van der Waals surface area (Å²) in [6.07, 6.45) is 0. The molecule has 21 heavy (non-hydrogen) atoms. The van der Waals surface area contributed by atoms with Gasteiger partial charge in [-0.3, -0.25) is 0 Å². The number of hydrogen-bond acceptors (Lipinski definition) is 6. The summed E-state index contributed by atoms with van der Waals surface area (Å²) in [5.74, 6) is 1.04. The van der Waals surface area contributed by atoms with Crippen LogP contribution in [0.5, 0.6) is 17.4 Å². The topological polar surface area (TPSA) is 83.7 Å². The summed E-state index contributed by atoms with van der Waals surface area (Å²) in [7, 11) is 2.87. The second-order valence-electron chi connectivity index (χ2n) is 4.28. The number of carbonyl (C=O) groups excluding carboxylic acids is 1. The van der Waals surface area contributed by atoms with Gasteiger partial charge in [0.2, 0.25) is 5.88 Å². The van der Waals surface area contributed by atoms with E-state index in [1.807, 2.05) is 0 Å². The Labute approximate surface area is 122 Å². The molecule has 0 saturated carbocycles. The fraction of sp³-hybridized carbons (Fsp3) is 0.200. The van der Waals surface area contributed by atoms with Crippen LogP contribution in [0.2, 0.25) is 0 Å². The number of aromatic nitrogens is 1. The Kier molecular flexibility index (Phi) is 4.27. The molecule has 110 valence electrons. The number of carbonyl (C=O) groups is 1. The quantitative estimate of drug-likeness (QED) is 0.687. The van der Waals surface area contributed by atoms with E-state index in [9.17, 15) is 4.79 Å². The maximum Gasteiger partial charge on any atom is 0.339 e. The van der Waals surface area contributed by atoms with Crippen molar-refractivity contribution < 1.29 is 19.0 Å². The number of aryl methyl sites for hydroxylation is 1. The van der Waals surface area contributed by atoms with E-state index in [2.05, 4.69) is 9.72 Å². The Morgan fingerprint density at radius 3 is 2.52 bits per heavy atom. The van der Waals surface area contributed by atoms with E-state index in [0.717, 1.165) is 0 Å². The van der Waals surface area contributed by atoms with Crippen LogP contribution < -0.4 is 15.2 Å². The highest BCUT2D eigenvalue weighted by Crippen LogP contribution is 2.28. The van der Waals surface area contributed by atoms with Crippen molar-refractivity contribution in [1.29, 1.82) is 0 Å². The number of ether oxygens (including phenoxy) is 3. The van der Waals surface area contributed by atoms with Crippen LogP contribution in [0.1, 0.15) is 16.1 Å². The summed E-state index contributed by atoms with van der Waals surface area (Å²) < 4.78 is 15.4. The molecular formula is C15H16N2O4. The molecule has 0 aliphatic rings. The molecule has 6 nitrogen and oxygen atoms in total. The second kappa shape index (κ2) is 6.13. The smallest absolute Gasteiger partial charge is 0.339 e. The maximum absolute atomic E-state index is 11.5. The monoisotopic (exact) mass is 288 g/mol. The summed E-state index contributed by atoms with van der Waals surface area (Å²) in [6, 6.07) is 8.28. The van der Waals surface area contributed by atoms with Crippen molar-refractivity contribution in [3.8, 4) is 17.4 Å². The van der Waals surface area contributed by atoms with Crippen LogP contribution in [0.25, 0.3) is 0 Å². The number of pyridine rings is 1. The highest BCUT2D eigenvalue weighted by atomic mass is 16.5. The summed E-state index contributed by atoms with van der Waals surface area (Å²) in [4.78, 5) is 15.7. The zero-order valence-electron chi connectivity index (χ0n) is 12.0. The van der Waals surface area contributed by atoms with E-state index in [1.54, 1.807) is 44.4 Å². The number of nitrogens with two attached hydrogens (primary N) is 1. The third-order valence-electron chi connectivity index (χ3n) is 2.89. The van der Waals surface area contributed by atoms with Crippen LogP contribution in [0.15, 0.2) is 30.3 Å². The predicted molar refractivity (Wildman–Crippen MR) is 77.8 cm³/mol. The molecule has 0 aliphatic carbocycles. The standard InChI is InChI=1S/C15H16N2O4/c1-9-11(15(18)20-3)5-7-14(17-9)21-10-4-6-13(19-2)12(16)8-10/h4-8H,16H2,1-3H3. The number of esters is 1. The molecule has 1 aromatic heterocycles. The van der Waals surface area contributed by atoms with Crippen LogP contribution in [-0.4, -0.2) is 25.2 Å². The van der Waals surface area contributed by atoms with Gasteiger partial charge in [-0.05, 0) is 25.1 Å². The Balaban J connectivity index is 2.22. The average molecular weight is 288 g/mol. The molecule has 2 aromatic rings. The van der Waals surface area contributed by atoms with Crippen LogP contribution in [0, 0.1) is 6.92 Å². The van der Waals surface area contributed by atoms with Crippen molar-refractivity contribution in [1.82, 2.24) is 4.98 Å². The lowest BCUT2D eigenvalue weighted by Gasteiger charge is -2.10. The number of rotatable bonds is 4. The molecule has 2 N–H and O–H groups in total. The maximum atomic E-state index is 11.5. The van der Waals surface area contributed by atoms with Crippen molar-refractivity contribution in [2.24, 2.45) is 0 Å². The molecule has 0 bridgehead atoms. The minimum atomic E-state index is -0.430. The third kappa shape index (κ3) is 3.22. The van der Waals surface area contributed by atoms with Crippen LogP contribution >= 0.6 is 0 Å². The fourth-order valence-electron chi connectivity index (χ4n) is 1.82. The van der Waals surface area contributed by atoms with Crippen molar-refractivity contribution in [3.63, 3.8) is 0 Å². The minimum Gasteiger partial charge on any atom is -0.495 e. The molecule has 0 saturated heterocycles. The van der Waals surface area contributed by atoms with E-state index < -0.39 is 5.97 Å². The highest BCUT2D eigenvalue weighted by molar-refractivity contribution is 5.90. The summed E-state index contributed by atoms with van der Waals surface area (Å²) in [6.45, 7) is 1.71. The first-order valence-electron chi connectivity index (χ1n) is 6.22. The van der Waals surface area contributed by atoms with Gasteiger partial charge >= 0.3 is 5.97 Å². The summed E-state index contributed by atoms with van der Waals surface area (Å²) >= 11 is 0. The minimum absolute atomic E-state index is 0.365. The molecule has 2 rings (SSSR count). The summed E-state index contributed by atoms with van der Waals surface area (Å²) in [5, 5.41) is 0. The molecule has 0 spiro atoms. The normalized spacial score (nSPS) is 10.0. The Hall–Kier alpha value is -2.76. The Morgan fingerprint density at radius 1 is 1.19 bits per heavy atom. The van der Waals surface area contributed by atoms with Crippen LogP contribution in [0.3, 0.4) is 0 Å². The molecule has 0 radical (unpaired) electrons. The molecule has 6 heteroatoms. The van der Waals surface area contributed by atoms with Gasteiger partial charge in [-0.1, -0.05) is 0 Å². The van der Waals surface area contributed by atoms with Crippen molar-refractivity contribution in [3.05, 3.63) is 41.6 Å². The van der Waals surface area contributed by atoms with Gasteiger partial charge in [0.1, 0.15) is 11.5 Å². The van der Waals surface area contributed by atoms with E-state index in [-0.39, 0.29) is 0 Å². The van der Waals surface area contributed by atoms with Crippen molar-refractivity contribution in [2.45, 2.75) is 6.92 Å². The Morgan fingerprint density at radius 2 is 1.95 bits per heavy atom. The largest absolute Gasteiger partial charge is 0.495 e. The Bertz CT molecular complexity index is 671. The first-order valence-corrected chi connectivity index (χ1v) is 6.22. The van der Waals surface area contributed by atoms with Crippen molar-refractivity contribution in [2.75, 3.05) is 20.0 Å². The van der Waals surface area contributed by atoms with Gasteiger partial charge in [0.25, 0.3) is 0 Å². The van der Waals surface area contributed by atoms with Gasteiger partial charge in [0, 0.05) is 12.1 Å². The average Bonchev–Trinajstić information content (AvgIpc) is 2.47. The first-order chi connectivity index (χ1) is 10.0. The number of methoxy groups -OCH3 is 2. The molecule has 1 heterocycles. The van der Waals surface area contributed by atoms with Gasteiger partial charge in [0.15, 0.2) is 0 Å². The summed E-state index contributed by atoms with van der Waals surface area (Å²) in [5.41, 5.74) is 7.21. The van der Waals surface area contributed by atoms with Crippen molar-refractivity contribution >= 4 is 11.7 Å². The molecule has 0 aliphatic heterocycles. The zero-order valence-corrected chi connectivity index (χ0v) is 12.0. The third-order valence-corrected chi connectivity index (χ3v) is 2.89. The molecule has 0 atom stereocenters. The van der Waals surface area contributed by atoms with Crippen LogP contribution in [0.4, 0.5) is 5.69 Å². The molecule has 0 unspecified atom stereocenters. The molecule has 0 fully saturated rings. The molecular weight excluding hydrogens is 272 g/mol. The fourth-order valence-corrected chi connectivity index (χ4v) is 1.82. The van der Waals surface area contributed by atoms with Gasteiger partial charge in [0.05, 0.1) is 31.2 Å². The number of nitrogen functional groups attached to an aromatic ring is 1. The van der Waals surface area contributed by atoms with E-state index in [4.69, 9.17) is 15.2 Å². The predicted octanol–water partition coefficient (Wildman–Crippen LogP) is 2.56.